The predicted molar refractivity (Wildman–Crippen MR) is 151 cm³/mol. The van der Waals surface area contributed by atoms with E-state index in [1.54, 1.807) is 18.9 Å². The van der Waals surface area contributed by atoms with Crippen molar-refractivity contribution in [2.24, 2.45) is 0 Å². The SMILES string of the molecule is CCCCCCSc1nnc2c(n1)OC(c1cccc(OC)c1OCc1ccccc1)Nc1ccccc1-2. The molecule has 0 aliphatic carbocycles. The minimum Gasteiger partial charge on any atom is -0.493 e. The second-order valence-electron chi connectivity index (χ2n) is 9.00. The highest BCUT2D eigenvalue weighted by molar-refractivity contribution is 7.99. The van der Waals surface area contributed by atoms with Gasteiger partial charge in [-0.1, -0.05) is 92.5 Å². The number of fused-ring (bicyclic) bond motifs is 3. The highest BCUT2D eigenvalue weighted by atomic mass is 32.2. The number of aromatic nitrogens is 3. The van der Waals surface area contributed by atoms with Gasteiger partial charge in [0.25, 0.3) is 0 Å². The average molecular weight is 529 g/mol. The number of nitrogens with zero attached hydrogens (tertiary/aromatic N) is 3. The number of rotatable bonds is 11. The zero-order valence-electron chi connectivity index (χ0n) is 21.7. The number of nitrogens with one attached hydrogen (secondary N) is 1. The molecule has 0 radical (unpaired) electrons. The molecular formula is C30H32N4O3S. The van der Waals surface area contributed by atoms with Crippen molar-refractivity contribution in [3.05, 3.63) is 83.9 Å². The fourth-order valence-electron chi connectivity index (χ4n) is 4.33. The first-order valence-corrected chi connectivity index (χ1v) is 14.0. The van der Waals surface area contributed by atoms with Crippen LogP contribution in [0.25, 0.3) is 11.3 Å². The molecule has 0 saturated carbocycles. The van der Waals surface area contributed by atoms with Crippen molar-refractivity contribution in [3.63, 3.8) is 0 Å². The lowest BCUT2D eigenvalue weighted by molar-refractivity contribution is 0.211. The topological polar surface area (TPSA) is 78.4 Å². The van der Waals surface area contributed by atoms with Gasteiger partial charge in [0.2, 0.25) is 17.3 Å². The molecule has 7 nitrogen and oxygen atoms in total. The third-order valence-corrected chi connectivity index (χ3v) is 7.22. The van der Waals surface area contributed by atoms with Gasteiger partial charge in [0.15, 0.2) is 17.2 Å². The van der Waals surface area contributed by atoms with Crippen LogP contribution in [0, 0.1) is 0 Å². The Labute approximate surface area is 228 Å². The molecule has 1 aliphatic rings. The summed E-state index contributed by atoms with van der Waals surface area (Å²) in [5, 5.41) is 13.1. The van der Waals surface area contributed by atoms with Gasteiger partial charge in [-0.15, -0.1) is 10.2 Å². The van der Waals surface area contributed by atoms with E-state index in [1.807, 2.05) is 72.8 Å². The van der Waals surface area contributed by atoms with Crippen LogP contribution in [-0.2, 0) is 6.61 Å². The van der Waals surface area contributed by atoms with E-state index in [2.05, 4.69) is 22.4 Å². The molecule has 1 N–H and O–H groups in total. The van der Waals surface area contributed by atoms with Gasteiger partial charge < -0.3 is 19.5 Å². The van der Waals surface area contributed by atoms with E-state index in [0.717, 1.165) is 34.6 Å². The van der Waals surface area contributed by atoms with Gasteiger partial charge in [-0.05, 0) is 30.2 Å². The first kappa shape index (κ1) is 25.9. The summed E-state index contributed by atoms with van der Waals surface area (Å²) in [5.41, 5.74) is 4.24. The van der Waals surface area contributed by atoms with Crippen molar-refractivity contribution in [1.29, 1.82) is 0 Å². The van der Waals surface area contributed by atoms with E-state index in [4.69, 9.17) is 19.2 Å². The highest BCUT2D eigenvalue weighted by Gasteiger charge is 2.29. The lowest BCUT2D eigenvalue weighted by atomic mass is 10.1. The van der Waals surface area contributed by atoms with Crippen LogP contribution in [0.1, 0.15) is 50.0 Å². The molecule has 8 heteroatoms. The van der Waals surface area contributed by atoms with Gasteiger partial charge in [0.1, 0.15) is 6.61 Å². The number of anilines is 1. The van der Waals surface area contributed by atoms with Crippen molar-refractivity contribution in [3.8, 4) is 28.6 Å². The van der Waals surface area contributed by atoms with Crippen LogP contribution < -0.4 is 19.5 Å². The maximum absolute atomic E-state index is 6.53. The molecule has 1 unspecified atom stereocenters. The number of benzene rings is 3. The zero-order valence-corrected chi connectivity index (χ0v) is 22.5. The Bertz CT molecular complexity index is 1350. The van der Waals surface area contributed by atoms with E-state index >= 15 is 0 Å². The van der Waals surface area contributed by atoms with Gasteiger partial charge in [-0.2, -0.15) is 4.98 Å². The van der Waals surface area contributed by atoms with Crippen LogP contribution in [0.15, 0.2) is 78.0 Å². The molecule has 2 heterocycles. The smallest absolute Gasteiger partial charge is 0.247 e. The Morgan fingerprint density at radius 2 is 1.76 bits per heavy atom. The van der Waals surface area contributed by atoms with Crippen molar-refractivity contribution >= 4 is 17.4 Å². The average Bonchev–Trinajstić information content (AvgIpc) is 3.13. The number of para-hydroxylation sites is 2. The van der Waals surface area contributed by atoms with Gasteiger partial charge in [-0.25, -0.2) is 0 Å². The number of methoxy groups -OCH3 is 1. The summed E-state index contributed by atoms with van der Waals surface area (Å²) in [5.74, 6) is 2.64. The van der Waals surface area contributed by atoms with Crippen molar-refractivity contribution in [2.75, 3.05) is 18.2 Å². The van der Waals surface area contributed by atoms with E-state index in [9.17, 15) is 0 Å². The molecule has 4 aromatic rings. The number of hydrogen-bond acceptors (Lipinski definition) is 8. The zero-order chi connectivity index (χ0) is 26.2. The number of hydrogen-bond donors (Lipinski definition) is 1. The Balaban J connectivity index is 1.47. The van der Waals surface area contributed by atoms with E-state index in [1.165, 1.54) is 19.3 Å². The van der Waals surface area contributed by atoms with Gasteiger partial charge >= 0.3 is 0 Å². The largest absolute Gasteiger partial charge is 0.493 e. The summed E-state index contributed by atoms with van der Waals surface area (Å²) in [6, 6.07) is 23.8. The molecule has 1 atom stereocenters. The molecule has 0 amide bonds. The van der Waals surface area contributed by atoms with Gasteiger partial charge in [-0.3, -0.25) is 0 Å². The van der Waals surface area contributed by atoms with Gasteiger partial charge in [0.05, 0.1) is 12.7 Å². The van der Waals surface area contributed by atoms with E-state index in [0.29, 0.717) is 34.8 Å². The highest BCUT2D eigenvalue weighted by Crippen LogP contribution is 2.43. The maximum Gasteiger partial charge on any atom is 0.247 e. The van der Waals surface area contributed by atoms with Gasteiger partial charge in [0, 0.05) is 17.0 Å². The molecule has 196 valence electrons. The van der Waals surface area contributed by atoms with Crippen LogP contribution in [0.5, 0.6) is 17.4 Å². The fourth-order valence-corrected chi connectivity index (χ4v) is 5.10. The molecular weight excluding hydrogens is 496 g/mol. The minimum absolute atomic E-state index is 0.399. The summed E-state index contributed by atoms with van der Waals surface area (Å²) in [6.07, 6.45) is 4.20. The molecule has 3 aromatic carbocycles. The molecule has 5 rings (SSSR count). The van der Waals surface area contributed by atoms with Crippen LogP contribution in [-0.4, -0.2) is 28.0 Å². The summed E-state index contributed by atoms with van der Waals surface area (Å²) >= 11 is 1.61. The minimum atomic E-state index is -0.586. The Kier molecular flexibility index (Phi) is 8.60. The normalized spacial score (nSPS) is 13.9. The third-order valence-electron chi connectivity index (χ3n) is 6.30. The number of ether oxygens (including phenoxy) is 3. The molecule has 0 fully saturated rings. The summed E-state index contributed by atoms with van der Waals surface area (Å²) in [4.78, 5) is 4.79. The molecule has 1 aromatic heterocycles. The molecule has 38 heavy (non-hydrogen) atoms. The molecule has 0 saturated heterocycles. The Morgan fingerprint density at radius 1 is 0.921 bits per heavy atom. The first-order chi connectivity index (χ1) is 18.8. The second-order valence-corrected chi connectivity index (χ2v) is 10.1. The van der Waals surface area contributed by atoms with Crippen molar-refractivity contribution in [2.45, 2.75) is 50.6 Å². The first-order valence-electron chi connectivity index (χ1n) is 13.0. The predicted octanol–water partition coefficient (Wildman–Crippen LogP) is 7.30. The van der Waals surface area contributed by atoms with E-state index in [-0.39, 0.29) is 0 Å². The molecule has 0 spiro atoms. The standard InChI is InChI=1S/C30H32N4O3S/c1-3-4-5-11-19-38-30-32-29-26(33-34-30)22-15-9-10-17-24(22)31-28(37-29)23-16-12-18-25(35-2)27(23)36-20-21-13-7-6-8-14-21/h6-10,12-18,28,31H,3-5,11,19-20H2,1-2H3. The maximum atomic E-state index is 6.53. The fraction of sp³-hybridized carbons (Fsp3) is 0.300. The summed E-state index contributed by atoms with van der Waals surface area (Å²) < 4.78 is 18.5. The summed E-state index contributed by atoms with van der Waals surface area (Å²) in [7, 11) is 1.64. The third kappa shape index (κ3) is 6.02. The van der Waals surface area contributed by atoms with Crippen molar-refractivity contribution < 1.29 is 14.2 Å². The Hall–Kier alpha value is -3.78. The number of thioether (sulfide) groups is 1. The Morgan fingerprint density at radius 3 is 2.61 bits per heavy atom. The van der Waals surface area contributed by atoms with Crippen LogP contribution >= 0.6 is 11.8 Å². The monoisotopic (exact) mass is 528 g/mol. The molecule has 0 bridgehead atoms. The number of unbranched alkanes of at least 4 members (excludes halogenated alkanes) is 3. The van der Waals surface area contributed by atoms with Crippen LogP contribution in [0.2, 0.25) is 0 Å². The second kappa shape index (κ2) is 12.6. The molecule has 1 aliphatic heterocycles. The summed E-state index contributed by atoms with van der Waals surface area (Å²) in [6.45, 7) is 2.61. The van der Waals surface area contributed by atoms with Crippen LogP contribution in [0.4, 0.5) is 5.69 Å². The quantitative estimate of drug-likeness (QED) is 0.160. The van der Waals surface area contributed by atoms with E-state index < -0.39 is 6.23 Å². The van der Waals surface area contributed by atoms with Crippen molar-refractivity contribution in [1.82, 2.24) is 15.2 Å². The lowest BCUT2D eigenvalue weighted by Crippen LogP contribution is -2.18. The lowest BCUT2D eigenvalue weighted by Gasteiger charge is -2.23. The van der Waals surface area contributed by atoms with Crippen LogP contribution in [0.3, 0.4) is 0 Å².